The Morgan fingerprint density at radius 3 is 3.00 bits per heavy atom. The molecule has 1 aliphatic carbocycles. The molecule has 26 heavy (non-hydrogen) atoms. The number of pyridine rings is 2. The van der Waals surface area contributed by atoms with Gasteiger partial charge in [-0.1, -0.05) is 6.42 Å². The van der Waals surface area contributed by atoms with Gasteiger partial charge in [0, 0.05) is 37.2 Å². The Balaban J connectivity index is 1.44. The van der Waals surface area contributed by atoms with Crippen LogP contribution in [0.3, 0.4) is 0 Å². The molecule has 1 amide bonds. The third kappa shape index (κ3) is 3.68. The van der Waals surface area contributed by atoms with Gasteiger partial charge in [0.25, 0.3) is 5.91 Å². The summed E-state index contributed by atoms with van der Waals surface area (Å²) in [5, 5.41) is 3.15. The molecule has 3 N–H and O–H groups in total. The third-order valence-electron chi connectivity index (χ3n) is 5.11. The molecule has 2 aromatic rings. The highest BCUT2D eigenvalue weighted by molar-refractivity contribution is 5.95. The number of ether oxygens (including phenoxy) is 1. The van der Waals surface area contributed by atoms with E-state index in [-0.39, 0.29) is 18.0 Å². The summed E-state index contributed by atoms with van der Waals surface area (Å²) in [6, 6.07) is 7.71. The average molecular weight is 353 g/mol. The van der Waals surface area contributed by atoms with Crippen molar-refractivity contribution in [3.05, 3.63) is 54.1 Å². The van der Waals surface area contributed by atoms with Crippen LogP contribution in [0.5, 0.6) is 5.75 Å². The Hall–Kier alpha value is -2.51. The molecule has 1 aliphatic heterocycles. The van der Waals surface area contributed by atoms with Gasteiger partial charge in [0.05, 0.1) is 0 Å². The van der Waals surface area contributed by atoms with Crippen LogP contribution in [0.4, 0.5) is 0 Å². The molecule has 1 saturated carbocycles. The largest absolute Gasteiger partial charge is 0.486 e. The molecule has 0 radical (unpaired) electrons. The number of carbonyl (C=O) groups is 1. The van der Waals surface area contributed by atoms with Crippen LogP contribution in [0, 0.1) is 5.92 Å². The fourth-order valence-electron chi connectivity index (χ4n) is 3.76. The van der Waals surface area contributed by atoms with Crippen molar-refractivity contribution in [2.24, 2.45) is 5.92 Å². The predicted octanol–water partition coefficient (Wildman–Crippen LogP) is 1.43. The lowest BCUT2D eigenvalue weighted by molar-refractivity contribution is 0.0899. The molecular formula is C19H23N5O2. The highest BCUT2D eigenvalue weighted by atomic mass is 16.5. The fourth-order valence-corrected chi connectivity index (χ4v) is 3.76. The highest BCUT2D eigenvalue weighted by Gasteiger charge is 2.37. The Morgan fingerprint density at radius 1 is 1.23 bits per heavy atom. The maximum absolute atomic E-state index is 12.8. The van der Waals surface area contributed by atoms with Crippen LogP contribution in [0.2, 0.25) is 0 Å². The fraction of sp³-hybridized carbons (Fsp3) is 0.421. The highest BCUT2D eigenvalue weighted by Crippen LogP contribution is 2.27. The Bertz CT molecular complexity index is 755. The van der Waals surface area contributed by atoms with Gasteiger partial charge in [-0.05, 0) is 48.6 Å². The number of nitrogens with one attached hydrogen (secondary N) is 3. The van der Waals surface area contributed by atoms with Gasteiger partial charge < -0.3 is 10.1 Å². The molecule has 136 valence electrons. The number of fused-ring (bicyclic) bond motifs is 1. The molecule has 0 bridgehead atoms. The first-order valence-electron chi connectivity index (χ1n) is 9.07. The van der Waals surface area contributed by atoms with Crippen molar-refractivity contribution in [1.82, 2.24) is 26.1 Å². The second-order valence-electron chi connectivity index (χ2n) is 6.82. The standard InChI is InChI=1S/C19H23N5O2/c25-19(23-15-4-1-3-14-11-22-24-17(14)15)18-16(5-2-8-21-18)26-12-13-6-9-20-10-7-13/h2,5-10,14-15,17,22,24H,1,3-4,11-12H2,(H,23,25). The molecule has 0 aromatic carbocycles. The molecule has 2 aliphatic rings. The van der Waals surface area contributed by atoms with Gasteiger partial charge in [0.1, 0.15) is 6.61 Å². The van der Waals surface area contributed by atoms with Crippen LogP contribution in [0.1, 0.15) is 35.3 Å². The van der Waals surface area contributed by atoms with Crippen molar-refractivity contribution in [3.63, 3.8) is 0 Å². The lowest BCUT2D eigenvalue weighted by atomic mass is 9.82. The number of rotatable bonds is 5. The quantitative estimate of drug-likeness (QED) is 0.754. The number of nitrogens with zero attached hydrogens (tertiary/aromatic N) is 2. The van der Waals surface area contributed by atoms with E-state index in [2.05, 4.69) is 26.1 Å². The smallest absolute Gasteiger partial charge is 0.274 e. The summed E-state index contributed by atoms with van der Waals surface area (Å²) in [5.74, 6) is 0.876. The molecule has 4 rings (SSSR count). The van der Waals surface area contributed by atoms with E-state index in [4.69, 9.17) is 4.74 Å². The minimum absolute atomic E-state index is 0.103. The summed E-state index contributed by atoms with van der Waals surface area (Å²) in [6.07, 6.45) is 8.36. The number of hydrogen-bond acceptors (Lipinski definition) is 6. The van der Waals surface area contributed by atoms with E-state index in [1.54, 1.807) is 30.7 Å². The van der Waals surface area contributed by atoms with Crippen LogP contribution in [-0.4, -0.2) is 34.5 Å². The van der Waals surface area contributed by atoms with E-state index in [0.29, 0.717) is 24.0 Å². The maximum atomic E-state index is 12.8. The molecule has 7 nitrogen and oxygen atoms in total. The summed E-state index contributed by atoms with van der Waals surface area (Å²) in [7, 11) is 0. The zero-order valence-corrected chi connectivity index (χ0v) is 14.5. The van der Waals surface area contributed by atoms with Gasteiger partial charge in [-0.25, -0.2) is 4.98 Å². The molecule has 2 fully saturated rings. The first kappa shape index (κ1) is 16.9. The minimum Gasteiger partial charge on any atom is -0.486 e. The van der Waals surface area contributed by atoms with Gasteiger partial charge in [-0.2, -0.15) is 0 Å². The summed E-state index contributed by atoms with van der Waals surface area (Å²) in [6.45, 7) is 1.33. The summed E-state index contributed by atoms with van der Waals surface area (Å²) in [5.41, 5.74) is 7.84. The molecule has 7 heteroatoms. The van der Waals surface area contributed by atoms with Gasteiger partial charge in [-0.15, -0.1) is 0 Å². The normalized spacial score (nSPS) is 24.7. The molecule has 0 spiro atoms. The van der Waals surface area contributed by atoms with Crippen LogP contribution in [0.25, 0.3) is 0 Å². The number of aromatic nitrogens is 2. The monoisotopic (exact) mass is 353 g/mol. The van der Waals surface area contributed by atoms with Crippen molar-refractivity contribution >= 4 is 5.91 Å². The average Bonchev–Trinajstić information content (AvgIpc) is 3.17. The lowest BCUT2D eigenvalue weighted by Gasteiger charge is -2.33. The second kappa shape index (κ2) is 7.80. The van der Waals surface area contributed by atoms with Crippen molar-refractivity contribution < 1.29 is 9.53 Å². The first-order valence-corrected chi connectivity index (χ1v) is 9.07. The number of hydrazine groups is 1. The first-order chi connectivity index (χ1) is 12.8. The molecule has 3 unspecified atom stereocenters. The van der Waals surface area contributed by atoms with E-state index in [1.165, 1.54) is 6.42 Å². The van der Waals surface area contributed by atoms with Crippen LogP contribution in [0.15, 0.2) is 42.9 Å². The lowest BCUT2D eigenvalue weighted by Crippen LogP contribution is -2.53. The molecular weight excluding hydrogens is 330 g/mol. The topological polar surface area (TPSA) is 88.2 Å². The number of carbonyl (C=O) groups excluding carboxylic acids is 1. The Morgan fingerprint density at radius 2 is 2.12 bits per heavy atom. The second-order valence-corrected chi connectivity index (χ2v) is 6.82. The summed E-state index contributed by atoms with van der Waals surface area (Å²) in [4.78, 5) is 21.1. The maximum Gasteiger partial charge on any atom is 0.274 e. The van der Waals surface area contributed by atoms with Crippen LogP contribution in [-0.2, 0) is 6.61 Å². The van der Waals surface area contributed by atoms with E-state index < -0.39 is 0 Å². The van der Waals surface area contributed by atoms with Gasteiger partial charge in [0.15, 0.2) is 11.4 Å². The number of hydrogen-bond donors (Lipinski definition) is 3. The zero-order valence-electron chi connectivity index (χ0n) is 14.5. The molecule has 2 aromatic heterocycles. The van der Waals surface area contributed by atoms with E-state index >= 15 is 0 Å². The Kier molecular flexibility index (Phi) is 5.08. The number of amides is 1. The van der Waals surface area contributed by atoms with Crippen molar-refractivity contribution in [2.75, 3.05) is 6.54 Å². The SMILES string of the molecule is O=C(NC1CCCC2CNNC21)c1ncccc1OCc1ccncc1. The molecule has 3 heterocycles. The van der Waals surface area contributed by atoms with Gasteiger partial charge in [0.2, 0.25) is 0 Å². The van der Waals surface area contributed by atoms with Gasteiger partial charge >= 0.3 is 0 Å². The zero-order chi connectivity index (χ0) is 17.8. The Labute approximate surface area is 152 Å². The van der Waals surface area contributed by atoms with Gasteiger partial charge in [-0.3, -0.25) is 20.6 Å². The predicted molar refractivity (Wildman–Crippen MR) is 96.3 cm³/mol. The summed E-state index contributed by atoms with van der Waals surface area (Å²) < 4.78 is 5.84. The summed E-state index contributed by atoms with van der Waals surface area (Å²) >= 11 is 0. The minimum atomic E-state index is -0.185. The molecule has 1 saturated heterocycles. The van der Waals surface area contributed by atoms with Crippen LogP contribution < -0.4 is 20.9 Å². The van der Waals surface area contributed by atoms with E-state index in [1.807, 2.05) is 12.1 Å². The van der Waals surface area contributed by atoms with Crippen molar-refractivity contribution in [2.45, 2.75) is 38.0 Å². The van der Waals surface area contributed by atoms with Crippen molar-refractivity contribution in [1.29, 1.82) is 0 Å². The van der Waals surface area contributed by atoms with Crippen LogP contribution >= 0.6 is 0 Å². The third-order valence-corrected chi connectivity index (χ3v) is 5.11. The van der Waals surface area contributed by atoms with E-state index in [0.717, 1.165) is 24.9 Å². The van der Waals surface area contributed by atoms with Crippen molar-refractivity contribution in [3.8, 4) is 5.75 Å². The van der Waals surface area contributed by atoms with E-state index in [9.17, 15) is 4.79 Å². The molecule has 3 atom stereocenters.